The Labute approximate surface area is 148 Å². The van der Waals surface area contributed by atoms with Crippen molar-refractivity contribution in [2.75, 3.05) is 19.8 Å². The standard InChI is InChI=1S/C19H24N2O4/c1-19(2)18(24-11-5-10-22)17(21-9-4-6-16(21)23)14-12-13(20-3)7-8-15(14)25-19/h7-8,12,17-18,22H,4-6,9-11H2,1-2H3/t17-,18+/m1/s1. The van der Waals surface area contributed by atoms with Gasteiger partial charge in [0.15, 0.2) is 5.69 Å². The summed E-state index contributed by atoms with van der Waals surface area (Å²) >= 11 is 0. The van der Waals surface area contributed by atoms with E-state index in [9.17, 15) is 4.79 Å². The van der Waals surface area contributed by atoms with Gasteiger partial charge in [-0.3, -0.25) is 4.79 Å². The van der Waals surface area contributed by atoms with E-state index in [1.165, 1.54) is 0 Å². The quantitative estimate of drug-likeness (QED) is 0.659. The van der Waals surface area contributed by atoms with E-state index in [1.807, 2.05) is 24.8 Å². The molecule has 0 spiro atoms. The average Bonchev–Trinajstić information content (AvgIpc) is 3.00. The molecule has 2 atom stereocenters. The van der Waals surface area contributed by atoms with E-state index in [0.29, 0.717) is 37.4 Å². The summed E-state index contributed by atoms with van der Waals surface area (Å²) in [5, 5.41) is 9.06. The summed E-state index contributed by atoms with van der Waals surface area (Å²) in [7, 11) is 0. The molecular formula is C19H24N2O4. The van der Waals surface area contributed by atoms with Gasteiger partial charge in [0.1, 0.15) is 17.5 Å². The van der Waals surface area contributed by atoms with Crippen molar-refractivity contribution in [1.82, 2.24) is 4.90 Å². The molecule has 2 aliphatic rings. The Balaban J connectivity index is 2.04. The number of hydrogen-bond acceptors (Lipinski definition) is 4. The minimum atomic E-state index is -0.629. The van der Waals surface area contributed by atoms with E-state index in [4.69, 9.17) is 21.2 Å². The van der Waals surface area contributed by atoms with E-state index in [-0.39, 0.29) is 24.7 Å². The molecule has 0 saturated carbocycles. The molecule has 2 aliphatic heterocycles. The van der Waals surface area contributed by atoms with Crippen LogP contribution < -0.4 is 4.74 Å². The number of amides is 1. The van der Waals surface area contributed by atoms with Gasteiger partial charge in [0.05, 0.1) is 12.6 Å². The first-order valence-electron chi connectivity index (χ1n) is 8.70. The zero-order valence-electron chi connectivity index (χ0n) is 14.7. The predicted octanol–water partition coefficient (Wildman–Crippen LogP) is 2.84. The van der Waals surface area contributed by atoms with Gasteiger partial charge in [-0.2, -0.15) is 0 Å². The lowest BCUT2D eigenvalue weighted by molar-refractivity contribution is -0.149. The fourth-order valence-electron chi connectivity index (χ4n) is 3.68. The summed E-state index contributed by atoms with van der Waals surface area (Å²) < 4.78 is 12.2. The van der Waals surface area contributed by atoms with Crippen LogP contribution in [0.4, 0.5) is 5.69 Å². The van der Waals surface area contributed by atoms with E-state index >= 15 is 0 Å². The normalized spacial score (nSPS) is 24.6. The lowest BCUT2D eigenvalue weighted by Gasteiger charge is -2.47. The molecule has 3 rings (SSSR count). The summed E-state index contributed by atoms with van der Waals surface area (Å²) in [5.41, 5.74) is 0.722. The molecule has 1 aromatic carbocycles. The summed E-state index contributed by atoms with van der Waals surface area (Å²) in [6.07, 6.45) is 1.54. The van der Waals surface area contributed by atoms with E-state index in [1.54, 1.807) is 12.1 Å². The summed E-state index contributed by atoms with van der Waals surface area (Å²) in [6, 6.07) is 5.06. The van der Waals surface area contributed by atoms with Crippen LogP contribution in [0.5, 0.6) is 5.75 Å². The molecule has 1 amide bonds. The molecule has 2 heterocycles. The summed E-state index contributed by atoms with van der Waals surface area (Å²) in [5.74, 6) is 0.807. The van der Waals surface area contributed by atoms with Crippen molar-refractivity contribution in [3.8, 4) is 5.75 Å². The van der Waals surface area contributed by atoms with Gasteiger partial charge >= 0.3 is 0 Å². The molecule has 0 bridgehead atoms. The summed E-state index contributed by atoms with van der Waals surface area (Å²) in [4.78, 5) is 17.8. The lowest BCUT2D eigenvalue weighted by atomic mass is 9.85. The zero-order chi connectivity index (χ0) is 18.0. The van der Waals surface area contributed by atoms with Crippen LogP contribution in [0.1, 0.15) is 44.7 Å². The molecule has 1 aromatic rings. The number of ether oxygens (including phenoxy) is 2. The maximum atomic E-state index is 12.5. The first kappa shape index (κ1) is 17.7. The minimum Gasteiger partial charge on any atom is -0.485 e. The van der Waals surface area contributed by atoms with E-state index in [0.717, 1.165) is 12.0 Å². The maximum absolute atomic E-state index is 12.5. The van der Waals surface area contributed by atoms with Crippen LogP contribution in [-0.4, -0.2) is 47.4 Å². The predicted molar refractivity (Wildman–Crippen MR) is 92.5 cm³/mol. The number of hydrogen-bond donors (Lipinski definition) is 1. The van der Waals surface area contributed by atoms with Crippen molar-refractivity contribution in [3.63, 3.8) is 0 Å². The Kier molecular flexibility index (Phi) is 4.98. The molecule has 0 unspecified atom stereocenters. The van der Waals surface area contributed by atoms with Crippen molar-refractivity contribution in [2.24, 2.45) is 0 Å². The van der Waals surface area contributed by atoms with Gasteiger partial charge in [-0.25, -0.2) is 4.85 Å². The SMILES string of the molecule is [C-]#[N+]c1ccc2c(c1)[C@@H](N1CCCC1=O)[C@H](OCCCO)C(C)(C)O2. The van der Waals surface area contributed by atoms with Gasteiger partial charge in [0.25, 0.3) is 0 Å². The second-order valence-electron chi connectivity index (χ2n) is 7.04. The zero-order valence-corrected chi connectivity index (χ0v) is 14.7. The third-order valence-corrected chi connectivity index (χ3v) is 4.83. The minimum absolute atomic E-state index is 0.0553. The van der Waals surface area contributed by atoms with Crippen LogP contribution in [0, 0.1) is 6.57 Å². The first-order chi connectivity index (χ1) is 12.0. The molecule has 6 nitrogen and oxygen atoms in total. The van der Waals surface area contributed by atoms with Crippen molar-refractivity contribution in [2.45, 2.75) is 50.9 Å². The molecule has 25 heavy (non-hydrogen) atoms. The molecule has 0 aliphatic carbocycles. The monoisotopic (exact) mass is 344 g/mol. The highest BCUT2D eigenvalue weighted by Crippen LogP contribution is 2.46. The molecule has 0 aromatic heterocycles. The van der Waals surface area contributed by atoms with E-state index in [2.05, 4.69) is 4.85 Å². The largest absolute Gasteiger partial charge is 0.485 e. The highest BCUT2D eigenvalue weighted by atomic mass is 16.6. The van der Waals surface area contributed by atoms with E-state index < -0.39 is 5.60 Å². The number of aliphatic hydroxyl groups excluding tert-OH is 1. The van der Waals surface area contributed by atoms with Crippen LogP contribution in [0.3, 0.4) is 0 Å². The third kappa shape index (κ3) is 3.35. The number of fused-ring (bicyclic) bond motifs is 1. The molecule has 6 heteroatoms. The summed E-state index contributed by atoms with van der Waals surface area (Å²) in [6.45, 7) is 12.3. The number of carbonyl (C=O) groups excluding carboxylic acids is 1. The number of likely N-dealkylation sites (tertiary alicyclic amines) is 1. The number of benzene rings is 1. The Morgan fingerprint density at radius 1 is 1.48 bits per heavy atom. The molecule has 1 fully saturated rings. The van der Waals surface area contributed by atoms with Crippen LogP contribution in [0.25, 0.3) is 4.85 Å². The van der Waals surface area contributed by atoms with Gasteiger partial charge in [-0.05, 0) is 38.8 Å². The van der Waals surface area contributed by atoms with Crippen molar-refractivity contribution >= 4 is 11.6 Å². The van der Waals surface area contributed by atoms with Crippen LogP contribution in [-0.2, 0) is 9.53 Å². The highest BCUT2D eigenvalue weighted by Gasteiger charge is 2.49. The number of carbonyl (C=O) groups is 1. The maximum Gasteiger partial charge on any atom is 0.223 e. The second-order valence-corrected chi connectivity index (χ2v) is 7.04. The van der Waals surface area contributed by atoms with Crippen LogP contribution in [0.15, 0.2) is 18.2 Å². The smallest absolute Gasteiger partial charge is 0.223 e. The molecule has 0 radical (unpaired) electrons. The highest BCUT2D eigenvalue weighted by molar-refractivity contribution is 5.79. The number of aliphatic hydroxyl groups is 1. The first-order valence-corrected chi connectivity index (χ1v) is 8.70. The second kappa shape index (κ2) is 7.03. The fourth-order valence-corrected chi connectivity index (χ4v) is 3.68. The van der Waals surface area contributed by atoms with Gasteiger partial charge in [-0.15, -0.1) is 0 Å². The Hall–Kier alpha value is -2.10. The van der Waals surface area contributed by atoms with Crippen molar-refractivity contribution in [3.05, 3.63) is 35.2 Å². The number of rotatable bonds is 5. The van der Waals surface area contributed by atoms with Crippen LogP contribution >= 0.6 is 0 Å². The lowest BCUT2D eigenvalue weighted by Crippen LogP contribution is -2.55. The fraction of sp³-hybridized carbons (Fsp3) is 0.579. The molecule has 1 N–H and O–H groups in total. The van der Waals surface area contributed by atoms with Crippen LogP contribution in [0.2, 0.25) is 0 Å². The van der Waals surface area contributed by atoms with Crippen molar-refractivity contribution in [1.29, 1.82) is 0 Å². The van der Waals surface area contributed by atoms with Gasteiger partial charge in [0, 0.05) is 31.7 Å². The molecule has 134 valence electrons. The Morgan fingerprint density at radius 2 is 2.28 bits per heavy atom. The van der Waals surface area contributed by atoms with Crippen molar-refractivity contribution < 1.29 is 19.4 Å². The third-order valence-electron chi connectivity index (χ3n) is 4.83. The van der Waals surface area contributed by atoms with Gasteiger partial charge in [-0.1, -0.05) is 6.07 Å². The number of nitrogens with zero attached hydrogens (tertiary/aromatic N) is 2. The Morgan fingerprint density at radius 3 is 2.92 bits per heavy atom. The molecule has 1 saturated heterocycles. The molecular weight excluding hydrogens is 320 g/mol. The average molecular weight is 344 g/mol. The van der Waals surface area contributed by atoms with Gasteiger partial charge in [0.2, 0.25) is 5.91 Å². The topological polar surface area (TPSA) is 63.4 Å². The Bertz CT molecular complexity index is 695. The van der Waals surface area contributed by atoms with Gasteiger partial charge < -0.3 is 19.5 Å².